The molecule has 9 nitrogen and oxygen atoms in total. The highest BCUT2D eigenvalue weighted by molar-refractivity contribution is 6.02. The molecule has 9 heteroatoms. The number of piperidine rings is 1. The van der Waals surface area contributed by atoms with E-state index in [1.165, 1.54) is 0 Å². The Bertz CT molecular complexity index is 1550. The number of hydrogen-bond donors (Lipinski definition) is 3. The first-order valence-electron chi connectivity index (χ1n) is 16.0. The number of nitrogens with one attached hydrogen (secondary N) is 3. The average Bonchev–Trinajstić information content (AvgIpc) is 3.57. The summed E-state index contributed by atoms with van der Waals surface area (Å²) in [6.07, 6.45) is 7.97. The van der Waals surface area contributed by atoms with Gasteiger partial charge in [-0.05, 0) is 107 Å². The number of hydrogen-bond acceptors (Lipinski definition) is 6. The second-order valence-electron chi connectivity index (χ2n) is 12.3. The van der Waals surface area contributed by atoms with Crippen molar-refractivity contribution in [2.45, 2.75) is 78.8 Å². The number of carbonyl (C=O) groups excluding carboxylic acids is 2. The molecule has 3 heterocycles. The van der Waals surface area contributed by atoms with Crippen molar-refractivity contribution in [3.8, 4) is 11.1 Å². The Morgan fingerprint density at radius 1 is 1.02 bits per heavy atom. The third-order valence-corrected chi connectivity index (χ3v) is 9.43. The molecule has 2 fully saturated rings. The van der Waals surface area contributed by atoms with E-state index in [1.807, 2.05) is 76.2 Å². The molecule has 2 aromatic heterocycles. The number of aromatic amines is 1. The van der Waals surface area contributed by atoms with Crippen molar-refractivity contribution in [3.05, 3.63) is 74.8 Å². The third kappa shape index (κ3) is 6.73. The summed E-state index contributed by atoms with van der Waals surface area (Å²) >= 11 is 0. The van der Waals surface area contributed by atoms with Crippen LogP contribution in [0.15, 0.2) is 41.3 Å². The van der Waals surface area contributed by atoms with Crippen molar-refractivity contribution in [2.24, 2.45) is 5.92 Å². The quantitative estimate of drug-likeness (QED) is 0.319. The third-order valence-electron chi connectivity index (χ3n) is 9.43. The monoisotopic (exact) mass is 598 g/mol. The van der Waals surface area contributed by atoms with E-state index in [2.05, 4.69) is 20.5 Å². The zero-order chi connectivity index (χ0) is 31.4. The molecule has 0 atom stereocenters. The van der Waals surface area contributed by atoms with Gasteiger partial charge in [-0.15, -0.1) is 0 Å². The van der Waals surface area contributed by atoms with E-state index >= 15 is 0 Å². The summed E-state index contributed by atoms with van der Waals surface area (Å²) in [4.78, 5) is 51.9. The largest absolute Gasteiger partial charge is 0.357 e. The van der Waals surface area contributed by atoms with E-state index in [0.717, 1.165) is 91.1 Å². The molecule has 1 aliphatic heterocycles. The maximum absolute atomic E-state index is 13.8. The number of anilines is 2. The van der Waals surface area contributed by atoms with E-state index < -0.39 is 0 Å². The summed E-state index contributed by atoms with van der Waals surface area (Å²) in [5, 5.41) is 6.35. The minimum Gasteiger partial charge on any atom is -0.357 e. The SMILES string of the molecule is CCN(C(=O)C1CCCC1)c1cc(-c2ccc(N3CCC(NC)CC3)nc2)cc(C(=O)NCc2c(C)cc(C)[nH]c2=O)c1C. The van der Waals surface area contributed by atoms with Crippen LogP contribution in [0.3, 0.4) is 0 Å². The number of H-pyrrole nitrogens is 1. The van der Waals surface area contributed by atoms with Crippen molar-refractivity contribution in [3.63, 3.8) is 0 Å². The fourth-order valence-corrected chi connectivity index (χ4v) is 6.73. The molecule has 1 saturated carbocycles. The topological polar surface area (TPSA) is 110 Å². The van der Waals surface area contributed by atoms with Gasteiger partial charge in [-0.2, -0.15) is 0 Å². The first kappa shape index (κ1) is 31.4. The lowest BCUT2D eigenvalue weighted by molar-refractivity contribution is -0.122. The summed E-state index contributed by atoms with van der Waals surface area (Å²) in [5.41, 5.74) is 5.62. The fraction of sp³-hybridized carbons (Fsp3) is 0.486. The number of benzene rings is 1. The van der Waals surface area contributed by atoms with Crippen LogP contribution in [0.1, 0.15) is 78.2 Å². The van der Waals surface area contributed by atoms with Gasteiger partial charge in [0.1, 0.15) is 5.82 Å². The minimum atomic E-state index is -0.286. The van der Waals surface area contributed by atoms with Crippen LogP contribution >= 0.6 is 0 Å². The molecule has 0 unspecified atom stereocenters. The van der Waals surface area contributed by atoms with Crippen LogP contribution in [0, 0.1) is 26.7 Å². The molecule has 0 radical (unpaired) electrons. The Kier molecular flexibility index (Phi) is 9.84. The van der Waals surface area contributed by atoms with Crippen LogP contribution in [0.2, 0.25) is 0 Å². The van der Waals surface area contributed by atoms with E-state index in [1.54, 1.807) is 0 Å². The number of rotatable bonds is 9. The smallest absolute Gasteiger partial charge is 0.253 e. The second-order valence-corrected chi connectivity index (χ2v) is 12.3. The maximum Gasteiger partial charge on any atom is 0.253 e. The number of amides is 2. The highest BCUT2D eigenvalue weighted by Crippen LogP contribution is 2.35. The van der Waals surface area contributed by atoms with Gasteiger partial charge >= 0.3 is 0 Å². The van der Waals surface area contributed by atoms with E-state index in [9.17, 15) is 14.4 Å². The minimum absolute atomic E-state index is 0.0134. The van der Waals surface area contributed by atoms with Gasteiger partial charge in [-0.1, -0.05) is 12.8 Å². The standard InChI is InChI=1S/C35H46N6O3/c1-6-41(35(44)25-9-7-8-10-25)31-19-27(26-11-12-32(37-20-26)40-15-13-28(36-5)14-16-40)18-29(24(31)4)33(42)38-21-30-22(2)17-23(3)39-34(30)43/h11-12,17-20,25,28,36H,6-10,13-16,21H2,1-5H3,(H,38,42)(H,39,43). The van der Waals surface area contributed by atoms with Crippen molar-refractivity contribution in [1.82, 2.24) is 20.6 Å². The summed E-state index contributed by atoms with van der Waals surface area (Å²) < 4.78 is 0. The Hall–Kier alpha value is -3.98. The molecule has 1 aliphatic carbocycles. The first-order valence-corrected chi connectivity index (χ1v) is 16.0. The van der Waals surface area contributed by atoms with Crippen LogP contribution in [0.4, 0.5) is 11.5 Å². The molecule has 44 heavy (non-hydrogen) atoms. The van der Waals surface area contributed by atoms with Crippen LogP contribution in [0.5, 0.6) is 0 Å². The molecule has 234 valence electrons. The molecular weight excluding hydrogens is 552 g/mol. The Morgan fingerprint density at radius 2 is 1.75 bits per heavy atom. The van der Waals surface area contributed by atoms with Gasteiger partial charge in [0, 0.05) is 72.4 Å². The Balaban J connectivity index is 1.48. The molecule has 3 N–H and O–H groups in total. The van der Waals surface area contributed by atoms with E-state index in [4.69, 9.17) is 4.98 Å². The fourth-order valence-electron chi connectivity index (χ4n) is 6.73. The molecule has 2 aliphatic rings. The molecule has 3 aromatic rings. The number of nitrogens with zero attached hydrogens (tertiary/aromatic N) is 3. The zero-order valence-corrected chi connectivity index (χ0v) is 26.8. The molecule has 2 amide bonds. The molecule has 0 bridgehead atoms. The highest BCUT2D eigenvalue weighted by Gasteiger charge is 2.29. The molecule has 1 saturated heterocycles. The van der Waals surface area contributed by atoms with Crippen LogP contribution in [-0.4, -0.2) is 54.5 Å². The number of carbonyl (C=O) groups is 2. The summed E-state index contributed by atoms with van der Waals surface area (Å²) in [7, 11) is 2.02. The van der Waals surface area contributed by atoms with Gasteiger partial charge in [0.2, 0.25) is 5.91 Å². The molecule has 0 spiro atoms. The average molecular weight is 599 g/mol. The van der Waals surface area contributed by atoms with E-state index in [0.29, 0.717) is 23.7 Å². The normalized spacial score (nSPS) is 15.9. The van der Waals surface area contributed by atoms with E-state index in [-0.39, 0.29) is 29.8 Å². The predicted octanol–water partition coefficient (Wildman–Crippen LogP) is 5.02. The molecule has 1 aromatic carbocycles. The Morgan fingerprint density at radius 3 is 2.36 bits per heavy atom. The van der Waals surface area contributed by atoms with Crippen LogP contribution in [-0.2, 0) is 11.3 Å². The van der Waals surface area contributed by atoms with Gasteiger partial charge in [-0.25, -0.2) is 4.98 Å². The van der Waals surface area contributed by atoms with Crippen molar-refractivity contribution >= 4 is 23.3 Å². The van der Waals surface area contributed by atoms with Gasteiger partial charge in [0.15, 0.2) is 0 Å². The maximum atomic E-state index is 13.8. The predicted molar refractivity (Wildman–Crippen MR) is 176 cm³/mol. The Labute approximate surface area is 260 Å². The van der Waals surface area contributed by atoms with Crippen molar-refractivity contribution < 1.29 is 9.59 Å². The van der Waals surface area contributed by atoms with Crippen molar-refractivity contribution in [1.29, 1.82) is 0 Å². The number of pyridine rings is 2. The molecule has 5 rings (SSSR count). The van der Waals surface area contributed by atoms with Gasteiger partial charge in [-0.3, -0.25) is 14.4 Å². The first-order chi connectivity index (χ1) is 21.2. The molecular formula is C35H46N6O3. The lowest BCUT2D eigenvalue weighted by atomic mass is 9.96. The van der Waals surface area contributed by atoms with Gasteiger partial charge in [0.25, 0.3) is 11.5 Å². The van der Waals surface area contributed by atoms with Gasteiger partial charge < -0.3 is 25.4 Å². The van der Waals surface area contributed by atoms with Crippen LogP contribution < -0.4 is 26.0 Å². The zero-order valence-electron chi connectivity index (χ0n) is 26.8. The van der Waals surface area contributed by atoms with Crippen LogP contribution in [0.25, 0.3) is 11.1 Å². The summed E-state index contributed by atoms with van der Waals surface area (Å²) in [5.74, 6) is 0.793. The summed E-state index contributed by atoms with van der Waals surface area (Å²) in [6, 6.07) is 10.4. The van der Waals surface area contributed by atoms with Crippen molar-refractivity contribution in [2.75, 3.05) is 36.5 Å². The summed E-state index contributed by atoms with van der Waals surface area (Å²) in [6.45, 7) is 10.1. The number of aryl methyl sites for hydroxylation is 2. The van der Waals surface area contributed by atoms with Gasteiger partial charge in [0.05, 0.1) is 0 Å². The lowest BCUT2D eigenvalue weighted by Gasteiger charge is -2.32. The second kappa shape index (κ2) is 13.8. The lowest BCUT2D eigenvalue weighted by Crippen LogP contribution is -2.41. The number of aromatic nitrogens is 2. The highest BCUT2D eigenvalue weighted by atomic mass is 16.2.